The number of methoxy groups -OCH3 is 1. The number of nitrogens with one attached hydrogen (secondary N) is 1. The second-order valence-corrected chi connectivity index (χ2v) is 6.17. The van der Waals surface area contributed by atoms with E-state index in [0.717, 1.165) is 0 Å². The number of hydrogen-bond donors (Lipinski definition) is 1. The van der Waals surface area contributed by atoms with Crippen LogP contribution in [0.2, 0.25) is 0 Å². The second-order valence-electron chi connectivity index (χ2n) is 6.17. The highest BCUT2D eigenvalue weighted by Crippen LogP contribution is 2.40. The number of anilines is 1. The van der Waals surface area contributed by atoms with Gasteiger partial charge in [0, 0.05) is 0 Å². The predicted octanol–water partition coefficient (Wildman–Crippen LogP) is 3.05. The van der Waals surface area contributed by atoms with E-state index in [1.165, 1.54) is 26.2 Å². The van der Waals surface area contributed by atoms with Crippen LogP contribution >= 0.6 is 0 Å². The lowest BCUT2D eigenvalue weighted by Crippen LogP contribution is -2.30. The zero-order valence-electron chi connectivity index (χ0n) is 16.5. The van der Waals surface area contributed by atoms with Crippen molar-refractivity contribution >= 4 is 17.6 Å². The zero-order valence-corrected chi connectivity index (χ0v) is 16.5. The lowest BCUT2D eigenvalue weighted by molar-refractivity contribution is -0.123. The first-order valence-corrected chi connectivity index (χ1v) is 9.24. The monoisotopic (exact) mass is 401 g/mol. The van der Waals surface area contributed by atoms with E-state index in [0.29, 0.717) is 48.5 Å². The third-order valence-electron chi connectivity index (χ3n) is 4.16. The largest absolute Gasteiger partial charge is 0.493 e. The summed E-state index contributed by atoms with van der Waals surface area (Å²) in [6.07, 6.45) is -1.03. The van der Waals surface area contributed by atoms with Crippen LogP contribution < -0.4 is 24.3 Å². The van der Waals surface area contributed by atoms with Gasteiger partial charge in [-0.05, 0) is 38.1 Å². The molecule has 3 rings (SSSR count). The molecular weight excluding hydrogens is 378 g/mol. The van der Waals surface area contributed by atoms with Crippen LogP contribution in [-0.4, -0.2) is 44.9 Å². The van der Waals surface area contributed by atoms with E-state index >= 15 is 0 Å². The highest BCUT2D eigenvalue weighted by molar-refractivity contribution is 5.98. The Morgan fingerprint density at radius 2 is 1.90 bits per heavy atom. The van der Waals surface area contributed by atoms with Crippen LogP contribution in [0, 0.1) is 0 Å². The van der Waals surface area contributed by atoms with Gasteiger partial charge in [-0.3, -0.25) is 4.79 Å². The maximum atomic E-state index is 12.6. The van der Waals surface area contributed by atoms with E-state index in [4.69, 9.17) is 23.7 Å². The van der Waals surface area contributed by atoms with E-state index in [9.17, 15) is 9.59 Å². The third kappa shape index (κ3) is 4.71. The van der Waals surface area contributed by atoms with Gasteiger partial charge in [-0.15, -0.1) is 0 Å². The second kappa shape index (κ2) is 9.18. The Kier molecular flexibility index (Phi) is 6.43. The Balaban J connectivity index is 1.70. The number of hydrogen-bond acceptors (Lipinski definition) is 7. The Morgan fingerprint density at radius 1 is 1.14 bits per heavy atom. The van der Waals surface area contributed by atoms with Crippen molar-refractivity contribution in [2.75, 3.05) is 32.2 Å². The SMILES string of the molecule is CCOc1ccccc1NC(=O)[C@@H](C)OC(=O)c1cc(OC)c2c(c1)OCCO2. The predicted molar refractivity (Wildman–Crippen MR) is 105 cm³/mol. The Hall–Kier alpha value is -3.42. The van der Waals surface area contributed by atoms with Crippen molar-refractivity contribution in [2.45, 2.75) is 20.0 Å². The summed E-state index contributed by atoms with van der Waals surface area (Å²) in [7, 11) is 1.47. The van der Waals surface area contributed by atoms with Crippen molar-refractivity contribution in [3.8, 4) is 23.0 Å². The first kappa shape index (κ1) is 20.3. The van der Waals surface area contributed by atoms with Crippen LogP contribution in [0.5, 0.6) is 23.0 Å². The number of carbonyl (C=O) groups excluding carboxylic acids is 2. The molecule has 0 fully saturated rings. The molecule has 0 radical (unpaired) electrons. The molecule has 1 N–H and O–H groups in total. The smallest absolute Gasteiger partial charge is 0.339 e. The molecule has 0 aliphatic carbocycles. The van der Waals surface area contributed by atoms with Crippen LogP contribution in [0.15, 0.2) is 36.4 Å². The van der Waals surface area contributed by atoms with Crippen molar-refractivity contribution in [3.05, 3.63) is 42.0 Å². The summed E-state index contributed by atoms with van der Waals surface area (Å²) in [6, 6.07) is 10.0. The summed E-state index contributed by atoms with van der Waals surface area (Å²) < 4.78 is 27.1. The molecule has 2 aromatic rings. The fraction of sp³-hybridized carbons (Fsp3) is 0.333. The molecule has 1 aliphatic heterocycles. The van der Waals surface area contributed by atoms with Gasteiger partial charge in [0.15, 0.2) is 17.6 Å². The highest BCUT2D eigenvalue weighted by Gasteiger charge is 2.24. The van der Waals surface area contributed by atoms with Gasteiger partial charge in [0.1, 0.15) is 19.0 Å². The molecule has 154 valence electrons. The molecule has 0 unspecified atom stereocenters. The maximum Gasteiger partial charge on any atom is 0.339 e. The first-order valence-electron chi connectivity index (χ1n) is 9.24. The molecule has 0 spiro atoms. The topological polar surface area (TPSA) is 92.3 Å². The molecule has 0 aromatic heterocycles. The molecule has 1 atom stereocenters. The van der Waals surface area contributed by atoms with Gasteiger partial charge in [0.2, 0.25) is 5.75 Å². The summed E-state index contributed by atoms with van der Waals surface area (Å²) in [5, 5.41) is 2.71. The molecule has 1 heterocycles. The Morgan fingerprint density at radius 3 is 2.66 bits per heavy atom. The number of esters is 1. The molecule has 1 aliphatic rings. The first-order chi connectivity index (χ1) is 14.0. The van der Waals surface area contributed by atoms with E-state index < -0.39 is 18.0 Å². The van der Waals surface area contributed by atoms with Gasteiger partial charge in [-0.1, -0.05) is 12.1 Å². The lowest BCUT2D eigenvalue weighted by Gasteiger charge is -2.21. The minimum atomic E-state index is -1.03. The number of para-hydroxylation sites is 2. The van der Waals surface area contributed by atoms with E-state index in [1.54, 1.807) is 24.3 Å². The lowest BCUT2D eigenvalue weighted by atomic mass is 10.1. The van der Waals surface area contributed by atoms with E-state index in [-0.39, 0.29) is 5.56 Å². The van der Waals surface area contributed by atoms with Crippen molar-refractivity contribution in [1.82, 2.24) is 0 Å². The van der Waals surface area contributed by atoms with Crippen LogP contribution in [0.25, 0.3) is 0 Å². The van der Waals surface area contributed by atoms with Crippen molar-refractivity contribution < 1.29 is 33.3 Å². The van der Waals surface area contributed by atoms with Gasteiger partial charge >= 0.3 is 5.97 Å². The van der Waals surface area contributed by atoms with Gasteiger partial charge in [0.25, 0.3) is 5.91 Å². The molecule has 2 aromatic carbocycles. The van der Waals surface area contributed by atoms with Crippen molar-refractivity contribution in [2.24, 2.45) is 0 Å². The van der Waals surface area contributed by atoms with Crippen LogP contribution in [0.1, 0.15) is 24.2 Å². The molecule has 0 saturated carbocycles. The minimum Gasteiger partial charge on any atom is -0.493 e. The molecule has 1 amide bonds. The van der Waals surface area contributed by atoms with E-state index in [2.05, 4.69) is 5.32 Å². The number of fused-ring (bicyclic) bond motifs is 1. The van der Waals surface area contributed by atoms with Gasteiger partial charge in [-0.2, -0.15) is 0 Å². The summed E-state index contributed by atoms with van der Waals surface area (Å²) in [5.41, 5.74) is 0.698. The summed E-state index contributed by atoms with van der Waals surface area (Å²) in [5.74, 6) is 0.574. The fourth-order valence-electron chi connectivity index (χ4n) is 2.76. The maximum absolute atomic E-state index is 12.6. The number of ether oxygens (including phenoxy) is 5. The van der Waals surface area contributed by atoms with Crippen LogP contribution in [-0.2, 0) is 9.53 Å². The summed E-state index contributed by atoms with van der Waals surface area (Å²) in [4.78, 5) is 25.0. The van der Waals surface area contributed by atoms with Crippen molar-refractivity contribution in [1.29, 1.82) is 0 Å². The minimum absolute atomic E-state index is 0.195. The number of rotatable bonds is 7. The summed E-state index contributed by atoms with van der Waals surface area (Å²) >= 11 is 0. The van der Waals surface area contributed by atoms with Crippen molar-refractivity contribution in [3.63, 3.8) is 0 Å². The quantitative estimate of drug-likeness (QED) is 0.713. The molecular formula is C21H23NO7. The molecule has 0 saturated heterocycles. The fourth-order valence-corrected chi connectivity index (χ4v) is 2.76. The van der Waals surface area contributed by atoms with E-state index in [1.807, 2.05) is 6.92 Å². The standard InChI is InChI=1S/C21H23NO7/c1-4-26-16-8-6-5-7-15(16)22-20(23)13(2)29-21(24)14-11-17(25-3)19-18(12-14)27-9-10-28-19/h5-8,11-13H,4,9-10H2,1-3H3,(H,22,23)/t13-/m1/s1. The normalized spacial score (nSPS) is 13.2. The molecule has 8 nitrogen and oxygen atoms in total. The summed E-state index contributed by atoms with van der Waals surface area (Å²) in [6.45, 7) is 4.57. The Bertz CT molecular complexity index is 879. The zero-order chi connectivity index (χ0) is 20.8. The van der Waals surface area contributed by atoms with Gasteiger partial charge < -0.3 is 29.0 Å². The average molecular weight is 401 g/mol. The molecule has 8 heteroatoms. The van der Waals surface area contributed by atoms with Gasteiger partial charge in [0.05, 0.1) is 25.0 Å². The number of benzene rings is 2. The number of amides is 1. The third-order valence-corrected chi connectivity index (χ3v) is 4.16. The number of carbonyl (C=O) groups is 2. The Labute approximate surface area is 168 Å². The highest BCUT2D eigenvalue weighted by atomic mass is 16.6. The molecule has 0 bridgehead atoms. The van der Waals surface area contributed by atoms with Gasteiger partial charge in [-0.25, -0.2) is 4.79 Å². The molecule has 29 heavy (non-hydrogen) atoms. The van der Waals surface area contributed by atoms with Crippen LogP contribution in [0.4, 0.5) is 5.69 Å². The average Bonchev–Trinajstić information content (AvgIpc) is 2.74. The van der Waals surface area contributed by atoms with Crippen LogP contribution in [0.3, 0.4) is 0 Å².